The van der Waals surface area contributed by atoms with Crippen molar-refractivity contribution in [1.82, 2.24) is 5.01 Å². The molecular formula is C15H17F3N2O. The molecule has 1 aromatic rings. The van der Waals surface area contributed by atoms with Crippen LogP contribution in [-0.2, 0) is 11.0 Å². The van der Waals surface area contributed by atoms with Gasteiger partial charge < -0.3 is 0 Å². The molecule has 6 heteroatoms. The molecule has 0 N–H and O–H groups in total. The van der Waals surface area contributed by atoms with Crippen LogP contribution in [0, 0.1) is 5.41 Å². The van der Waals surface area contributed by atoms with E-state index in [2.05, 4.69) is 5.10 Å². The predicted octanol–water partition coefficient (Wildman–Crippen LogP) is 4.01. The Morgan fingerprint density at radius 2 is 1.76 bits per heavy atom. The van der Waals surface area contributed by atoms with Crippen LogP contribution < -0.4 is 0 Å². The van der Waals surface area contributed by atoms with Gasteiger partial charge in [-0.2, -0.15) is 18.3 Å². The molecule has 0 fully saturated rings. The van der Waals surface area contributed by atoms with Crippen LogP contribution in [0.25, 0.3) is 0 Å². The summed E-state index contributed by atoms with van der Waals surface area (Å²) >= 11 is 0. The van der Waals surface area contributed by atoms with Gasteiger partial charge in [-0.05, 0) is 17.7 Å². The minimum atomic E-state index is -4.36. The summed E-state index contributed by atoms with van der Waals surface area (Å²) in [5, 5.41) is 5.43. The number of carbonyl (C=O) groups excluding carboxylic acids is 1. The molecule has 1 aliphatic heterocycles. The van der Waals surface area contributed by atoms with Gasteiger partial charge in [-0.3, -0.25) is 4.79 Å². The van der Waals surface area contributed by atoms with Crippen molar-refractivity contribution in [2.75, 3.05) is 0 Å². The van der Waals surface area contributed by atoms with Crippen LogP contribution in [0.3, 0.4) is 0 Å². The van der Waals surface area contributed by atoms with E-state index in [0.717, 1.165) is 12.1 Å². The second-order valence-electron chi connectivity index (χ2n) is 6.07. The van der Waals surface area contributed by atoms with Gasteiger partial charge in [-0.1, -0.05) is 32.9 Å². The van der Waals surface area contributed by atoms with Crippen molar-refractivity contribution in [3.8, 4) is 0 Å². The van der Waals surface area contributed by atoms with Crippen molar-refractivity contribution >= 4 is 12.1 Å². The number of halogens is 3. The van der Waals surface area contributed by atoms with E-state index in [9.17, 15) is 18.0 Å². The van der Waals surface area contributed by atoms with Gasteiger partial charge in [0.15, 0.2) is 0 Å². The Labute approximate surface area is 121 Å². The molecule has 0 saturated heterocycles. The largest absolute Gasteiger partial charge is 0.416 e. The highest BCUT2D eigenvalue weighted by Gasteiger charge is 2.35. The molecule has 1 amide bonds. The zero-order valence-electron chi connectivity index (χ0n) is 12.1. The zero-order valence-corrected chi connectivity index (χ0v) is 12.1. The van der Waals surface area contributed by atoms with E-state index in [4.69, 9.17) is 0 Å². The third-order valence-corrected chi connectivity index (χ3v) is 3.30. The summed E-state index contributed by atoms with van der Waals surface area (Å²) in [7, 11) is 0. The molecule has 0 spiro atoms. The first-order valence-electron chi connectivity index (χ1n) is 6.64. The number of carbonyl (C=O) groups is 1. The summed E-state index contributed by atoms with van der Waals surface area (Å²) in [6.07, 6.45) is -2.23. The summed E-state index contributed by atoms with van der Waals surface area (Å²) in [6.45, 7) is 5.35. The SMILES string of the molecule is CC(C)(C)C(=O)N1N=CCC1c1ccc(C(F)(F)F)cc1. The molecule has 114 valence electrons. The first-order chi connectivity index (χ1) is 9.60. The van der Waals surface area contributed by atoms with Crippen LogP contribution in [0.2, 0.25) is 0 Å². The average molecular weight is 298 g/mol. The van der Waals surface area contributed by atoms with Gasteiger partial charge in [-0.25, -0.2) is 5.01 Å². The lowest BCUT2D eigenvalue weighted by molar-refractivity contribution is -0.141. The molecule has 1 aromatic carbocycles. The summed E-state index contributed by atoms with van der Waals surface area (Å²) in [5.41, 5.74) is -0.636. The molecule has 1 aliphatic rings. The van der Waals surface area contributed by atoms with E-state index in [0.29, 0.717) is 12.0 Å². The predicted molar refractivity (Wildman–Crippen MR) is 73.6 cm³/mol. The molecule has 1 atom stereocenters. The van der Waals surface area contributed by atoms with E-state index in [1.807, 2.05) is 0 Å². The average Bonchev–Trinajstić information content (AvgIpc) is 2.84. The first-order valence-corrected chi connectivity index (χ1v) is 6.64. The van der Waals surface area contributed by atoms with E-state index < -0.39 is 17.2 Å². The molecule has 0 aromatic heterocycles. The van der Waals surface area contributed by atoms with Gasteiger partial charge in [0.05, 0.1) is 11.6 Å². The second-order valence-corrected chi connectivity index (χ2v) is 6.07. The van der Waals surface area contributed by atoms with Crippen LogP contribution in [-0.4, -0.2) is 17.1 Å². The topological polar surface area (TPSA) is 32.7 Å². The van der Waals surface area contributed by atoms with Crippen molar-refractivity contribution in [2.45, 2.75) is 39.4 Å². The molecule has 21 heavy (non-hydrogen) atoms. The van der Waals surface area contributed by atoms with Gasteiger partial charge >= 0.3 is 6.18 Å². The monoisotopic (exact) mass is 298 g/mol. The molecule has 1 unspecified atom stereocenters. The standard InChI is InChI=1S/C15H17F3N2O/c1-14(2,3)13(21)20-12(8-9-19-20)10-4-6-11(7-5-10)15(16,17)18/h4-7,9,12H,8H2,1-3H3. The van der Waals surface area contributed by atoms with Gasteiger partial charge in [-0.15, -0.1) is 0 Å². The van der Waals surface area contributed by atoms with Gasteiger partial charge in [0, 0.05) is 18.1 Å². The third-order valence-electron chi connectivity index (χ3n) is 3.30. The molecule has 3 nitrogen and oxygen atoms in total. The van der Waals surface area contributed by atoms with Gasteiger partial charge in [0.1, 0.15) is 0 Å². The number of nitrogens with zero attached hydrogens (tertiary/aromatic N) is 2. The van der Waals surface area contributed by atoms with Gasteiger partial charge in [0.25, 0.3) is 0 Å². The molecule has 0 saturated carbocycles. The maximum atomic E-state index is 12.6. The lowest BCUT2D eigenvalue weighted by Crippen LogP contribution is -2.36. The molecule has 0 bridgehead atoms. The first kappa shape index (κ1) is 15.5. The van der Waals surface area contributed by atoms with Crippen LogP contribution in [0.15, 0.2) is 29.4 Å². The minimum absolute atomic E-state index is 0.152. The fourth-order valence-electron chi connectivity index (χ4n) is 2.12. The normalized spacial score (nSPS) is 19.1. The fraction of sp³-hybridized carbons (Fsp3) is 0.467. The van der Waals surface area contributed by atoms with Crippen LogP contribution in [0.1, 0.15) is 44.4 Å². The van der Waals surface area contributed by atoms with Crippen LogP contribution in [0.4, 0.5) is 13.2 Å². The second kappa shape index (κ2) is 5.16. The number of hydrogen-bond donors (Lipinski definition) is 0. The number of alkyl halides is 3. The highest BCUT2D eigenvalue weighted by molar-refractivity contribution is 5.84. The lowest BCUT2D eigenvalue weighted by Gasteiger charge is -2.28. The lowest BCUT2D eigenvalue weighted by atomic mass is 9.93. The molecular weight excluding hydrogens is 281 g/mol. The summed E-state index contributed by atoms with van der Waals surface area (Å²) < 4.78 is 37.7. The van der Waals surface area contributed by atoms with E-state index in [1.165, 1.54) is 17.1 Å². The molecule has 1 heterocycles. The molecule has 2 rings (SSSR count). The number of benzene rings is 1. The molecule has 0 radical (unpaired) electrons. The fourth-order valence-corrected chi connectivity index (χ4v) is 2.12. The van der Waals surface area contributed by atoms with Crippen LogP contribution in [0.5, 0.6) is 0 Å². The Morgan fingerprint density at radius 3 is 2.24 bits per heavy atom. The summed E-state index contributed by atoms with van der Waals surface area (Å²) in [4.78, 5) is 12.3. The molecule has 0 aliphatic carbocycles. The zero-order chi connectivity index (χ0) is 15.8. The smallest absolute Gasteiger partial charge is 0.272 e. The van der Waals surface area contributed by atoms with Crippen LogP contribution >= 0.6 is 0 Å². The van der Waals surface area contributed by atoms with Crippen molar-refractivity contribution in [3.05, 3.63) is 35.4 Å². The maximum Gasteiger partial charge on any atom is 0.416 e. The Hall–Kier alpha value is -1.85. The summed E-state index contributed by atoms with van der Waals surface area (Å²) in [5.74, 6) is -0.152. The van der Waals surface area contributed by atoms with Crippen molar-refractivity contribution in [2.24, 2.45) is 10.5 Å². The van der Waals surface area contributed by atoms with E-state index in [1.54, 1.807) is 27.0 Å². The number of rotatable bonds is 1. The number of amides is 1. The third kappa shape index (κ3) is 3.25. The highest BCUT2D eigenvalue weighted by Crippen LogP contribution is 2.34. The van der Waals surface area contributed by atoms with Crippen molar-refractivity contribution in [3.63, 3.8) is 0 Å². The van der Waals surface area contributed by atoms with Crippen molar-refractivity contribution < 1.29 is 18.0 Å². The van der Waals surface area contributed by atoms with Gasteiger partial charge in [0.2, 0.25) is 5.91 Å². The quantitative estimate of drug-likeness (QED) is 0.771. The van der Waals surface area contributed by atoms with Crippen molar-refractivity contribution in [1.29, 1.82) is 0 Å². The number of hydrogen-bond acceptors (Lipinski definition) is 2. The Balaban J connectivity index is 2.24. The Kier molecular flexibility index (Phi) is 3.82. The maximum absolute atomic E-state index is 12.6. The van der Waals surface area contributed by atoms with E-state index >= 15 is 0 Å². The minimum Gasteiger partial charge on any atom is -0.272 e. The Morgan fingerprint density at radius 1 is 1.19 bits per heavy atom. The highest BCUT2D eigenvalue weighted by atomic mass is 19.4. The van der Waals surface area contributed by atoms with E-state index in [-0.39, 0.29) is 11.9 Å². The Bertz CT molecular complexity index is 556. The summed E-state index contributed by atoms with van der Waals surface area (Å²) in [6, 6.07) is 4.55. The number of hydrazone groups is 1.